The van der Waals surface area contributed by atoms with Gasteiger partial charge in [-0.25, -0.2) is 9.59 Å². The summed E-state index contributed by atoms with van der Waals surface area (Å²) in [5.41, 5.74) is -0.518. The molecule has 0 aromatic rings. The molecular formula is C13H25N3O4. The van der Waals surface area contributed by atoms with Crippen LogP contribution in [0, 0.1) is 0 Å². The molecule has 1 atom stereocenters. The van der Waals surface area contributed by atoms with Gasteiger partial charge in [-0.05, 0) is 33.6 Å². The Morgan fingerprint density at radius 2 is 1.90 bits per heavy atom. The van der Waals surface area contributed by atoms with Gasteiger partial charge in [-0.15, -0.1) is 0 Å². The van der Waals surface area contributed by atoms with E-state index in [9.17, 15) is 9.59 Å². The van der Waals surface area contributed by atoms with Gasteiger partial charge in [-0.1, -0.05) is 0 Å². The highest BCUT2D eigenvalue weighted by atomic mass is 16.6. The Morgan fingerprint density at radius 3 is 2.50 bits per heavy atom. The lowest BCUT2D eigenvalue weighted by Crippen LogP contribution is -2.43. The molecule has 0 bridgehead atoms. The van der Waals surface area contributed by atoms with Gasteiger partial charge in [0.25, 0.3) is 0 Å². The van der Waals surface area contributed by atoms with Crippen molar-refractivity contribution < 1.29 is 19.1 Å². The second-order valence-electron chi connectivity index (χ2n) is 5.70. The molecule has 1 rings (SSSR count). The highest BCUT2D eigenvalue weighted by Gasteiger charge is 2.16. The first-order chi connectivity index (χ1) is 9.37. The third-order valence-corrected chi connectivity index (χ3v) is 2.59. The van der Waals surface area contributed by atoms with Crippen molar-refractivity contribution >= 4 is 12.1 Å². The number of hydrogen-bond acceptors (Lipinski definition) is 4. The SMILES string of the molecule is CC(C)(C)OC(=O)NCCNC(=O)NC[C@@H]1CCCO1. The lowest BCUT2D eigenvalue weighted by Gasteiger charge is -2.19. The van der Waals surface area contributed by atoms with E-state index >= 15 is 0 Å². The zero-order chi connectivity index (χ0) is 15.0. The molecule has 1 heterocycles. The smallest absolute Gasteiger partial charge is 0.407 e. The zero-order valence-corrected chi connectivity index (χ0v) is 12.5. The van der Waals surface area contributed by atoms with Gasteiger partial charge in [0.15, 0.2) is 0 Å². The zero-order valence-electron chi connectivity index (χ0n) is 12.5. The van der Waals surface area contributed by atoms with Crippen LogP contribution in [0.3, 0.4) is 0 Å². The molecule has 0 aromatic heterocycles. The van der Waals surface area contributed by atoms with E-state index in [4.69, 9.17) is 9.47 Å². The summed E-state index contributed by atoms with van der Waals surface area (Å²) in [5, 5.41) is 7.94. The molecule has 0 saturated carbocycles. The van der Waals surface area contributed by atoms with Gasteiger partial charge in [0.1, 0.15) is 5.60 Å². The minimum Gasteiger partial charge on any atom is -0.444 e. The lowest BCUT2D eigenvalue weighted by molar-refractivity contribution is 0.0528. The summed E-state index contributed by atoms with van der Waals surface area (Å²) >= 11 is 0. The molecule has 0 radical (unpaired) electrons. The second kappa shape index (κ2) is 7.94. The first kappa shape index (κ1) is 16.6. The van der Waals surface area contributed by atoms with Gasteiger partial charge in [-0.2, -0.15) is 0 Å². The van der Waals surface area contributed by atoms with Crippen molar-refractivity contribution in [2.45, 2.75) is 45.3 Å². The number of alkyl carbamates (subject to hydrolysis) is 1. The molecule has 1 saturated heterocycles. The van der Waals surface area contributed by atoms with Gasteiger partial charge in [0.2, 0.25) is 0 Å². The van der Waals surface area contributed by atoms with Crippen LogP contribution in [0.2, 0.25) is 0 Å². The fraction of sp³-hybridized carbons (Fsp3) is 0.846. The van der Waals surface area contributed by atoms with Crippen molar-refractivity contribution in [3.63, 3.8) is 0 Å². The van der Waals surface area contributed by atoms with Crippen LogP contribution in [0.1, 0.15) is 33.6 Å². The van der Waals surface area contributed by atoms with Gasteiger partial charge in [-0.3, -0.25) is 0 Å². The molecule has 3 N–H and O–H groups in total. The number of ether oxygens (including phenoxy) is 2. The second-order valence-corrected chi connectivity index (χ2v) is 5.70. The highest BCUT2D eigenvalue weighted by molar-refractivity contribution is 5.74. The molecule has 0 aliphatic carbocycles. The van der Waals surface area contributed by atoms with E-state index in [-0.39, 0.29) is 12.1 Å². The Morgan fingerprint density at radius 1 is 1.20 bits per heavy atom. The van der Waals surface area contributed by atoms with Crippen LogP contribution in [0.5, 0.6) is 0 Å². The Labute approximate surface area is 119 Å². The molecule has 0 aromatic carbocycles. The van der Waals surface area contributed by atoms with Crippen LogP contribution in [0.25, 0.3) is 0 Å². The molecule has 116 valence electrons. The molecule has 20 heavy (non-hydrogen) atoms. The maximum absolute atomic E-state index is 11.5. The number of hydrogen-bond donors (Lipinski definition) is 3. The third-order valence-electron chi connectivity index (χ3n) is 2.59. The number of carbonyl (C=O) groups excluding carboxylic acids is 2. The Kier molecular flexibility index (Phi) is 6.57. The van der Waals surface area contributed by atoms with Gasteiger partial charge < -0.3 is 25.4 Å². The number of nitrogens with one attached hydrogen (secondary N) is 3. The average Bonchev–Trinajstić information content (AvgIpc) is 2.83. The number of amides is 3. The highest BCUT2D eigenvalue weighted by Crippen LogP contribution is 2.10. The number of urea groups is 1. The van der Waals surface area contributed by atoms with Crippen molar-refractivity contribution in [2.24, 2.45) is 0 Å². The van der Waals surface area contributed by atoms with Gasteiger partial charge in [0, 0.05) is 26.2 Å². The predicted octanol–water partition coefficient (Wildman–Crippen LogP) is 0.989. The Hall–Kier alpha value is -1.50. The molecular weight excluding hydrogens is 262 g/mol. The van der Waals surface area contributed by atoms with Crippen molar-refractivity contribution in [1.29, 1.82) is 0 Å². The summed E-state index contributed by atoms with van der Waals surface area (Å²) in [6.07, 6.45) is 1.67. The number of carbonyl (C=O) groups is 2. The third kappa shape index (κ3) is 7.83. The minimum absolute atomic E-state index is 0.126. The van der Waals surface area contributed by atoms with Crippen LogP contribution < -0.4 is 16.0 Å². The van der Waals surface area contributed by atoms with Crippen molar-refractivity contribution in [2.75, 3.05) is 26.2 Å². The predicted molar refractivity (Wildman–Crippen MR) is 74.6 cm³/mol. The normalized spacial score (nSPS) is 18.4. The average molecular weight is 287 g/mol. The van der Waals surface area contributed by atoms with E-state index in [1.807, 2.05) is 0 Å². The van der Waals surface area contributed by atoms with E-state index in [0.29, 0.717) is 19.6 Å². The lowest BCUT2D eigenvalue weighted by atomic mass is 10.2. The molecule has 1 aliphatic rings. The standard InChI is InChI=1S/C13H25N3O4/c1-13(2,3)20-12(18)15-7-6-14-11(17)16-9-10-5-4-8-19-10/h10H,4-9H2,1-3H3,(H,15,18)(H2,14,16,17)/t10-/m0/s1. The summed E-state index contributed by atoms with van der Waals surface area (Å²) < 4.78 is 10.5. The molecule has 1 aliphatic heterocycles. The monoisotopic (exact) mass is 287 g/mol. The van der Waals surface area contributed by atoms with Crippen molar-refractivity contribution in [3.05, 3.63) is 0 Å². The molecule has 0 spiro atoms. The van der Waals surface area contributed by atoms with Crippen LogP contribution >= 0.6 is 0 Å². The summed E-state index contributed by atoms with van der Waals surface area (Å²) in [7, 11) is 0. The molecule has 7 nitrogen and oxygen atoms in total. The first-order valence-corrected chi connectivity index (χ1v) is 6.97. The molecule has 1 fully saturated rings. The topological polar surface area (TPSA) is 88.7 Å². The molecule has 7 heteroatoms. The summed E-state index contributed by atoms with van der Waals surface area (Å²) in [6.45, 7) is 7.34. The van der Waals surface area contributed by atoms with E-state index in [0.717, 1.165) is 19.4 Å². The quantitative estimate of drug-likeness (QED) is 0.658. The van der Waals surface area contributed by atoms with E-state index in [1.54, 1.807) is 20.8 Å². The summed E-state index contributed by atoms with van der Waals surface area (Å²) in [6, 6.07) is -0.258. The Bertz CT molecular complexity index is 322. The fourth-order valence-corrected chi connectivity index (χ4v) is 1.73. The first-order valence-electron chi connectivity index (χ1n) is 6.97. The van der Waals surface area contributed by atoms with Crippen LogP contribution in [0.4, 0.5) is 9.59 Å². The van der Waals surface area contributed by atoms with Gasteiger partial charge in [0.05, 0.1) is 6.10 Å². The number of rotatable bonds is 5. The molecule has 0 unspecified atom stereocenters. The van der Waals surface area contributed by atoms with Crippen molar-refractivity contribution in [1.82, 2.24) is 16.0 Å². The maximum Gasteiger partial charge on any atom is 0.407 e. The summed E-state index contributed by atoms with van der Waals surface area (Å²) in [5.74, 6) is 0. The Balaban J connectivity index is 2.00. The van der Waals surface area contributed by atoms with Crippen molar-refractivity contribution in [3.8, 4) is 0 Å². The molecule has 3 amide bonds. The van der Waals surface area contributed by atoms with E-state index in [1.165, 1.54) is 0 Å². The fourth-order valence-electron chi connectivity index (χ4n) is 1.73. The van der Waals surface area contributed by atoms with Gasteiger partial charge >= 0.3 is 12.1 Å². The maximum atomic E-state index is 11.5. The van der Waals surface area contributed by atoms with Crippen LogP contribution in [0.15, 0.2) is 0 Å². The van der Waals surface area contributed by atoms with E-state index < -0.39 is 11.7 Å². The van der Waals surface area contributed by atoms with E-state index in [2.05, 4.69) is 16.0 Å². The van der Waals surface area contributed by atoms with Crippen LogP contribution in [-0.2, 0) is 9.47 Å². The largest absolute Gasteiger partial charge is 0.444 e. The van der Waals surface area contributed by atoms with Crippen LogP contribution in [-0.4, -0.2) is 50.1 Å². The minimum atomic E-state index is -0.518. The summed E-state index contributed by atoms with van der Waals surface area (Å²) in [4.78, 5) is 22.8.